The fourth-order valence-electron chi connectivity index (χ4n) is 2.63. The molecule has 1 unspecified atom stereocenters. The van der Waals surface area contributed by atoms with Crippen molar-refractivity contribution in [3.05, 3.63) is 35.4 Å². The number of ketones is 1. The fraction of sp³-hybridized carbons (Fsp3) is 0.562. The normalized spacial score (nSPS) is 21.5. The Balaban J connectivity index is 1.94. The van der Waals surface area contributed by atoms with E-state index in [0.717, 1.165) is 31.6 Å². The number of Topliss-reactive ketones (excluding diaryl/α,β-unsaturated/α-hetero) is 1. The predicted octanol–water partition coefficient (Wildman–Crippen LogP) is 2.20. The van der Waals surface area contributed by atoms with E-state index in [1.807, 2.05) is 31.2 Å². The molecular weight excluding hydrogens is 236 g/mol. The van der Waals surface area contributed by atoms with E-state index >= 15 is 0 Å². The molecule has 1 aromatic rings. The van der Waals surface area contributed by atoms with Crippen LogP contribution in [0.5, 0.6) is 0 Å². The minimum Gasteiger partial charge on any atom is -0.301 e. The van der Waals surface area contributed by atoms with Crippen molar-refractivity contribution in [2.75, 3.05) is 33.2 Å². The lowest BCUT2D eigenvalue weighted by molar-refractivity contribution is 0.0743. The van der Waals surface area contributed by atoms with Crippen LogP contribution in [0.2, 0.25) is 0 Å². The third-order valence-electron chi connectivity index (χ3n) is 4.07. The number of carbonyl (C=O) groups excluding carboxylic acids is 1. The van der Waals surface area contributed by atoms with Crippen LogP contribution in [0.15, 0.2) is 24.3 Å². The van der Waals surface area contributed by atoms with Crippen molar-refractivity contribution >= 4 is 5.78 Å². The summed E-state index contributed by atoms with van der Waals surface area (Å²) < 4.78 is 0. The van der Waals surface area contributed by atoms with Crippen LogP contribution in [0.3, 0.4) is 0 Å². The second-order valence-corrected chi connectivity index (χ2v) is 5.57. The topological polar surface area (TPSA) is 23.6 Å². The van der Waals surface area contributed by atoms with Gasteiger partial charge in [0.1, 0.15) is 0 Å². The molecule has 3 nitrogen and oxygen atoms in total. The van der Waals surface area contributed by atoms with Gasteiger partial charge in [-0.15, -0.1) is 0 Å². The van der Waals surface area contributed by atoms with Gasteiger partial charge in [-0.3, -0.25) is 9.69 Å². The number of aryl methyl sites for hydroxylation is 1. The molecule has 1 fully saturated rings. The van der Waals surface area contributed by atoms with E-state index in [2.05, 4.69) is 23.8 Å². The first-order valence-corrected chi connectivity index (χ1v) is 7.12. The van der Waals surface area contributed by atoms with Crippen LogP contribution < -0.4 is 0 Å². The number of nitrogens with zero attached hydrogens (tertiary/aromatic N) is 2. The number of carbonyl (C=O) groups is 1. The second-order valence-electron chi connectivity index (χ2n) is 5.57. The highest BCUT2D eigenvalue weighted by Crippen LogP contribution is 2.12. The van der Waals surface area contributed by atoms with E-state index in [-0.39, 0.29) is 5.78 Å². The average molecular weight is 260 g/mol. The van der Waals surface area contributed by atoms with E-state index in [1.54, 1.807) is 0 Å². The van der Waals surface area contributed by atoms with E-state index in [4.69, 9.17) is 0 Å². The number of rotatable bonds is 4. The van der Waals surface area contributed by atoms with Crippen molar-refractivity contribution in [3.63, 3.8) is 0 Å². The maximum Gasteiger partial charge on any atom is 0.176 e. The van der Waals surface area contributed by atoms with Crippen molar-refractivity contribution in [1.82, 2.24) is 9.80 Å². The second kappa shape index (κ2) is 6.31. The molecular formula is C16H24N2O. The molecule has 0 spiro atoms. The maximum atomic E-state index is 12.2. The Morgan fingerprint density at radius 2 is 1.95 bits per heavy atom. The molecule has 1 aromatic carbocycles. The first-order chi connectivity index (χ1) is 9.10. The molecule has 1 saturated heterocycles. The van der Waals surface area contributed by atoms with Gasteiger partial charge in [-0.2, -0.15) is 0 Å². The zero-order valence-electron chi connectivity index (χ0n) is 12.2. The predicted molar refractivity (Wildman–Crippen MR) is 78.7 cm³/mol. The smallest absolute Gasteiger partial charge is 0.176 e. The molecule has 3 heteroatoms. The van der Waals surface area contributed by atoms with Gasteiger partial charge in [0.15, 0.2) is 5.78 Å². The summed E-state index contributed by atoms with van der Waals surface area (Å²) in [5.41, 5.74) is 2.03. The van der Waals surface area contributed by atoms with Crippen LogP contribution in [0.4, 0.5) is 0 Å². The third kappa shape index (κ3) is 3.64. The van der Waals surface area contributed by atoms with Crippen LogP contribution in [-0.4, -0.2) is 54.9 Å². The van der Waals surface area contributed by atoms with Crippen LogP contribution >= 0.6 is 0 Å². The van der Waals surface area contributed by atoms with Crippen LogP contribution in [0.1, 0.15) is 29.3 Å². The van der Waals surface area contributed by atoms with Crippen LogP contribution in [0, 0.1) is 6.92 Å². The van der Waals surface area contributed by atoms with Crippen LogP contribution in [0.25, 0.3) is 0 Å². The third-order valence-corrected chi connectivity index (χ3v) is 4.07. The molecule has 0 saturated carbocycles. The van der Waals surface area contributed by atoms with Gasteiger partial charge < -0.3 is 4.90 Å². The molecule has 2 rings (SSSR count). The minimum atomic E-state index is 0.236. The van der Waals surface area contributed by atoms with Gasteiger partial charge in [0.25, 0.3) is 0 Å². The Labute approximate surface area is 116 Å². The standard InChI is InChI=1S/C16H24N2O/c1-4-15-11-18(10-9-17(15)3)12-16(19)14-7-5-13(2)6-8-14/h5-8,15H,4,9-12H2,1-3H3. The Morgan fingerprint density at radius 3 is 2.58 bits per heavy atom. The van der Waals surface area contributed by atoms with Gasteiger partial charge in [0.2, 0.25) is 0 Å². The molecule has 1 atom stereocenters. The molecule has 0 N–H and O–H groups in total. The highest BCUT2D eigenvalue weighted by atomic mass is 16.1. The highest BCUT2D eigenvalue weighted by molar-refractivity contribution is 5.97. The molecule has 1 heterocycles. The summed E-state index contributed by atoms with van der Waals surface area (Å²) in [6.45, 7) is 7.86. The Kier molecular flexibility index (Phi) is 4.72. The largest absolute Gasteiger partial charge is 0.301 e. The number of benzene rings is 1. The minimum absolute atomic E-state index is 0.236. The summed E-state index contributed by atoms with van der Waals surface area (Å²) in [6, 6.07) is 8.47. The lowest BCUT2D eigenvalue weighted by Gasteiger charge is -2.38. The quantitative estimate of drug-likeness (QED) is 0.775. The summed E-state index contributed by atoms with van der Waals surface area (Å²) in [5, 5.41) is 0. The average Bonchev–Trinajstić information content (AvgIpc) is 2.41. The van der Waals surface area contributed by atoms with Crippen molar-refractivity contribution in [3.8, 4) is 0 Å². The van der Waals surface area contributed by atoms with E-state index in [9.17, 15) is 4.79 Å². The van der Waals surface area contributed by atoms with Gasteiger partial charge in [0.05, 0.1) is 6.54 Å². The van der Waals surface area contributed by atoms with E-state index in [0.29, 0.717) is 12.6 Å². The number of piperazine rings is 1. The molecule has 0 radical (unpaired) electrons. The first kappa shape index (κ1) is 14.2. The SMILES string of the molecule is CCC1CN(CC(=O)c2ccc(C)cc2)CCN1C. The number of hydrogen-bond acceptors (Lipinski definition) is 3. The van der Waals surface area contributed by atoms with Gasteiger partial charge >= 0.3 is 0 Å². The molecule has 0 aromatic heterocycles. The summed E-state index contributed by atoms with van der Waals surface area (Å²) in [7, 11) is 2.17. The van der Waals surface area contributed by atoms with Crippen LogP contribution in [-0.2, 0) is 0 Å². The molecule has 19 heavy (non-hydrogen) atoms. The monoisotopic (exact) mass is 260 g/mol. The molecule has 0 aliphatic carbocycles. The van der Waals surface area contributed by atoms with Crippen molar-refractivity contribution in [2.24, 2.45) is 0 Å². The zero-order chi connectivity index (χ0) is 13.8. The fourth-order valence-corrected chi connectivity index (χ4v) is 2.63. The van der Waals surface area contributed by atoms with E-state index in [1.165, 1.54) is 5.56 Å². The Morgan fingerprint density at radius 1 is 1.26 bits per heavy atom. The zero-order valence-corrected chi connectivity index (χ0v) is 12.2. The van der Waals surface area contributed by atoms with Gasteiger partial charge in [0, 0.05) is 31.2 Å². The van der Waals surface area contributed by atoms with E-state index < -0.39 is 0 Å². The van der Waals surface area contributed by atoms with Gasteiger partial charge in [-0.1, -0.05) is 36.8 Å². The summed E-state index contributed by atoms with van der Waals surface area (Å²) in [6.07, 6.45) is 1.14. The molecule has 1 aliphatic rings. The summed E-state index contributed by atoms with van der Waals surface area (Å²) >= 11 is 0. The number of hydrogen-bond donors (Lipinski definition) is 0. The maximum absolute atomic E-state index is 12.2. The lowest BCUT2D eigenvalue weighted by atomic mass is 10.1. The summed E-state index contributed by atoms with van der Waals surface area (Å²) in [5.74, 6) is 0.236. The van der Waals surface area contributed by atoms with Crippen molar-refractivity contribution < 1.29 is 4.79 Å². The Bertz CT molecular complexity index is 427. The van der Waals surface area contributed by atoms with Crippen molar-refractivity contribution in [2.45, 2.75) is 26.3 Å². The molecule has 0 amide bonds. The first-order valence-electron chi connectivity index (χ1n) is 7.12. The summed E-state index contributed by atoms with van der Waals surface area (Å²) in [4.78, 5) is 16.9. The lowest BCUT2D eigenvalue weighted by Crippen LogP contribution is -2.52. The molecule has 0 bridgehead atoms. The number of likely N-dealkylation sites (N-methyl/N-ethyl adjacent to an activating group) is 1. The Hall–Kier alpha value is -1.19. The van der Waals surface area contributed by atoms with Gasteiger partial charge in [-0.05, 0) is 20.4 Å². The highest BCUT2D eigenvalue weighted by Gasteiger charge is 2.24. The van der Waals surface area contributed by atoms with Crippen molar-refractivity contribution in [1.29, 1.82) is 0 Å². The molecule has 1 aliphatic heterocycles. The molecule has 104 valence electrons. The van der Waals surface area contributed by atoms with Gasteiger partial charge in [-0.25, -0.2) is 0 Å².